The molecular formula is C15H11O2. The molecule has 1 aromatic heterocycles. The summed E-state index contributed by atoms with van der Waals surface area (Å²) in [6.07, 6.45) is 2.88. The van der Waals surface area contributed by atoms with Gasteiger partial charge in [-0.15, -0.1) is 0 Å². The first-order valence-corrected chi connectivity index (χ1v) is 5.49. The van der Waals surface area contributed by atoms with Crippen LogP contribution in [0.25, 0.3) is 11.0 Å². The lowest BCUT2D eigenvalue weighted by atomic mass is 10.2. The average Bonchev–Trinajstić information content (AvgIpc) is 2.81. The van der Waals surface area contributed by atoms with E-state index in [4.69, 9.17) is 9.15 Å². The fourth-order valence-corrected chi connectivity index (χ4v) is 1.76. The van der Waals surface area contributed by atoms with E-state index in [9.17, 15) is 0 Å². The van der Waals surface area contributed by atoms with E-state index >= 15 is 0 Å². The standard InChI is InChI=1S/C15H11O2/c1-2-6-13(7-3-1)16-10-12-11-17-15-9-5-4-8-14(12)15/h1-9H,10H2. The maximum atomic E-state index is 5.67. The molecule has 0 atom stereocenters. The van der Waals surface area contributed by atoms with Crippen LogP contribution in [0, 0.1) is 6.26 Å². The van der Waals surface area contributed by atoms with E-state index in [2.05, 4.69) is 6.26 Å². The first kappa shape index (κ1) is 9.97. The second-order valence-electron chi connectivity index (χ2n) is 3.78. The van der Waals surface area contributed by atoms with Crippen molar-refractivity contribution >= 4 is 11.0 Å². The second-order valence-corrected chi connectivity index (χ2v) is 3.78. The van der Waals surface area contributed by atoms with Crippen LogP contribution in [-0.4, -0.2) is 0 Å². The van der Waals surface area contributed by atoms with Gasteiger partial charge in [-0.25, -0.2) is 0 Å². The van der Waals surface area contributed by atoms with Crippen molar-refractivity contribution in [2.24, 2.45) is 0 Å². The van der Waals surface area contributed by atoms with Gasteiger partial charge < -0.3 is 9.15 Å². The first-order valence-electron chi connectivity index (χ1n) is 5.49. The van der Waals surface area contributed by atoms with Crippen LogP contribution in [0.2, 0.25) is 0 Å². The summed E-state index contributed by atoms with van der Waals surface area (Å²) in [4.78, 5) is 0. The Bertz CT molecular complexity index is 611. The van der Waals surface area contributed by atoms with E-state index in [0.29, 0.717) is 6.61 Å². The second kappa shape index (κ2) is 4.34. The van der Waals surface area contributed by atoms with E-state index < -0.39 is 0 Å². The van der Waals surface area contributed by atoms with Gasteiger partial charge in [-0.05, 0) is 18.2 Å². The van der Waals surface area contributed by atoms with Crippen molar-refractivity contribution in [3.63, 3.8) is 0 Å². The van der Waals surface area contributed by atoms with Crippen molar-refractivity contribution in [2.45, 2.75) is 6.61 Å². The molecule has 0 saturated carbocycles. The molecule has 0 aliphatic heterocycles. The Balaban J connectivity index is 1.82. The molecule has 0 spiro atoms. The van der Waals surface area contributed by atoms with E-state index in [0.717, 1.165) is 22.3 Å². The molecule has 0 aliphatic carbocycles. The average molecular weight is 223 g/mol. The van der Waals surface area contributed by atoms with E-state index in [1.165, 1.54) is 0 Å². The normalized spacial score (nSPS) is 10.6. The summed E-state index contributed by atoms with van der Waals surface area (Å²) in [5.74, 6) is 0.853. The predicted molar refractivity (Wildman–Crippen MR) is 65.8 cm³/mol. The van der Waals surface area contributed by atoms with Gasteiger partial charge in [0.25, 0.3) is 0 Å². The zero-order valence-electron chi connectivity index (χ0n) is 9.22. The molecule has 1 radical (unpaired) electrons. The molecule has 2 aromatic carbocycles. The predicted octanol–water partition coefficient (Wildman–Crippen LogP) is 3.81. The topological polar surface area (TPSA) is 22.4 Å². The summed E-state index contributed by atoms with van der Waals surface area (Å²) in [6.45, 7) is 0.473. The van der Waals surface area contributed by atoms with Crippen molar-refractivity contribution in [1.82, 2.24) is 0 Å². The minimum absolute atomic E-state index is 0.473. The summed E-state index contributed by atoms with van der Waals surface area (Å²) >= 11 is 0. The highest BCUT2D eigenvalue weighted by atomic mass is 16.5. The number of fused-ring (bicyclic) bond motifs is 1. The monoisotopic (exact) mass is 223 g/mol. The fourth-order valence-electron chi connectivity index (χ4n) is 1.76. The third-order valence-electron chi connectivity index (χ3n) is 2.62. The van der Waals surface area contributed by atoms with Crippen LogP contribution in [0.4, 0.5) is 0 Å². The van der Waals surface area contributed by atoms with E-state index in [1.807, 2.05) is 54.6 Å². The zero-order chi connectivity index (χ0) is 11.5. The van der Waals surface area contributed by atoms with Gasteiger partial charge in [0.1, 0.15) is 17.9 Å². The van der Waals surface area contributed by atoms with Crippen LogP contribution < -0.4 is 4.74 Å². The summed E-state index contributed by atoms with van der Waals surface area (Å²) in [5.41, 5.74) is 1.80. The number of benzene rings is 2. The Morgan fingerprint density at radius 1 is 0.941 bits per heavy atom. The smallest absolute Gasteiger partial charge is 0.177 e. The molecule has 0 bridgehead atoms. The summed E-state index contributed by atoms with van der Waals surface area (Å²) in [5, 5.41) is 1.06. The number of hydrogen-bond acceptors (Lipinski definition) is 2. The van der Waals surface area contributed by atoms with Gasteiger partial charge in [-0.1, -0.05) is 36.4 Å². The molecule has 3 aromatic rings. The lowest BCUT2D eigenvalue weighted by Crippen LogP contribution is -1.93. The number of para-hydroxylation sites is 2. The van der Waals surface area contributed by atoms with Crippen molar-refractivity contribution in [3.05, 3.63) is 66.4 Å². The van der Waals surface area contributed by atoms with Crippen molar-refractivity contribution in [3.8, 4) is 5.75 Å². The van der Waals surface area contributed by atoms with Crippen LogP contribution >= 0.6 is 0 Å². The molecule has 0 fully saturated rings. The minimum Gasteiger partial charge on any atom is -0.489 e. The maximum Gasteiger partial charge on any atom is 0.177 e. The van der Waals surface area contributed by atoms with E-state index in [-0.39, 0.29) is 0 Å². The Morgan fingerprint density at radius 2 is 1.71 bits per heavy atom. The van der Waals surface area contributed by atoms with Crippen LogP contribution in [0.1, 0.15) is 5.56 Å². The zero-order valence-corrected chi connectivity index (χ0v) is 9.22. The molecule has 3 rings (SSSR count). The van der Waals surface area contributed by atoms with Crippen LogP contribution in [0.5, 0.6) is 5.75 Å². The molecule has 0 amide bonds. The molecule has 2 heteroatoms. The Kier molecular flexibility index (Phi) is 2.54. The SMILES string of the molecule is [c]1oc2ccccc2c1COc1ccccc1. The molecule has 0 aliphatic rings. The molecule has 0 N–H and O–H groups in total. The molecule has 2 nitrogen and oxygen atoms in total. The lowest BCUT2D eigenvalue weighted by Gasteiger charge is -2.03. The maximum absolute atomic E-state index is 5.67. The highest BCUT2D eigenvalue weighted by Crippen LogP contribution is 2.21. The number of ether oxygens (including phenoxy) is 1. The molecule has 1 heterocycles. The number of furan rings is 1. The third kappa shape index (κ3) is 2.02. The van der Waals surface area contributed by atoms with Crippen molar-refractivity contribution in [2.75, 3.05) is 0 Å². The first-order chi connectivity index (χ1) is 8.43. The van der Waals surface area contributed by atoms with Crippen molar-refractivity contribution in [1.29, 1.82) is 0 Å². The molecule has 83 valence electrons. The number of hydrogen-bond donors (Lipinski definition) is 0. The fraction of sp³-hybridized carbons (Fsp3) is 0.0667. The van der Waals surface area contributed by atoms with Gasteiger partial charge >= 0.3 is 0 Å². The molecule has 17 heavy (non-hydrogen) atoms. The Morgan fingerprint density at radius 3 is 2.59 bits per heavy atom. The van der Waals surface area contributed by atoms with Crippen LogP contribution in [-0.2, 0) is 6.61 Å². The largest absolute Gasteiger partial charge is 0.489 e. The lowest BCUT2D eigenvalue weighted by molar-refractivity contribution is 0.305. The van der Waals surface area contributed by atoms with Crippen LogP contribution in [0.3, 0.4) is 0 Å². The minimum atomic E-state index is 0.473. The summed E-state index contributed by atoms with van der Waals surface area (Å²) in [6, 6.07) is 17.6. The van der Waals surface area contributed by atoms with Gasteiger partial charge in [0.2, 0.25) is 0 Å². The molecule has 0 saturated heterocycles. The molecule has 0 unspecified atom stereocenters. The van der Waals surface area contributed by atoms with Crippen LogP contribution in [0.15, 0.2) is 59.0 Å². The van der Waals surface area contributed by atoms with E-state index in [1.54, 1.807) is 0 Å². The van der Waals surface area contributed by atoms with Gasteiger partial charge in [-0.2, -0.15) is 0 Å². The molecular weight excluding hydrogens is 212 g/mol. The quantitative estimate of drug-likeness (QED) is 0.673. The van der Waals surface area contributed by atoms with Gasteiger partial charge in [0, 0.05) is 10.9 Å². The highest BCUT2D eigenvalue weighted by Gasteiger charge is 2.06. The highest BCUT2D eigenvalue weighted by molar-refractivity contribution is 5.80. The Hall–Kier alpha value is -2.22. The third-order valence-corrected chi connectivity index (χ3v) is 2.62. The Labute approximate surface area is 99.4 Å². The summed E-state index contributed by atoms with van der Waals surface area (Å²) in [7, 11) is 0. The van der Waals surface area contributed by atoms with Gasteiger partial charge in [-0.3, -0.25) is 0 Å². The summed E-state index contributed by atoms with van der Waals surface area (Å²) < 4.78 is 11.0. The number of rotatable bonds is 3. The van der Waals surface area contributed by atoms with Gasteiger partial charge in [0.05, 0.1) is 0 Å². The van der Waals surface area contributed by atoms with Gasteiger partial charge in [0.15, 0.2) is 6.26 Å². The van der Waals surface area contributed by atoms with Crippen molar-refractivity contribution < 1.29 is 9.15 Å².